The predicted octanol–water partition coefficient (Wildman–Crippen LogP) is 5.75. The van der Waals surface area contributed by atoms with Crippen molar-refractivity contribution in [2.24, 2.45) is 7.05 Å². The van der Waals surface area contributed by atoms with Crippen LogP contribution in [-0.4, -0.2) is 0 Å². The molecule has 0 saturated heterocycles. The summed E-state index contributed by atoms with van der Waals surface area (Å²) in [7, 11) is 2.02. The first-order valence-electron chi connectivity index (χ1n) is 11.5. The number of fused-ring (bicyclic) bond motifs is 1. The van der Waals surface area contributed by atoms with Gasteiger partial charge in [0.25, 0.3) is 0 Å². The largest absolute Gasteiger partial charge is 0.489 e. The van der Waals surface area contributed by atoms with E-state index < -0.39 is 0 Å². The Kier molecular flexibility index (Phi) is 6.44. The molecule has 0 bridgehead atoms. The fraction of sp³-hybridized carbons (Fsp3) is 0.0968. The second-order valence-corrected chi connectivity index (χ2v) is 8.55. The molecule has 0 fully saturated rings. The van der Waals surface area contributed by atoms with Crippen molar-refractivity contribution in [1.29, 1.82) is 0 Å². The monoisotopic (exact) mass is 444 g/mol. The first-order valence-corrected chi connectivity index (χ1v) is 11.5. The summed E-state index contributed by atoms with van der Waals surface area (Å²) in [6.45, 7) is 1.40. The van der Waals surface area contributed by atoms with Crippen LogP contribution in [0.5, 0.6) is 5.75 Å². The van der Waals surface area contributed by atoms with Gasteiger partial charge in [-0.2, -0.15) is 0 Å². The number of rotatable bonds is 7. The van der Waals surface area contributed by atoms with E-state index in [-0.39, 0.29) is 0 Å². The third-order valence-electron chi connectivity index (χ3n) is 5.90. The zero-order valence-corrected chi connectivity index (χ0v) is 19.3. The zero-order valence-electron chi connectivity index (χ0n) is 19.3. The molecule has 2 heterocycles. The van der Waals surface area contributed by atoms with E-state index in [1.54, 1.807) is 0 Å². The predicted molar refractivity (Wildman–Crippen MR) is 137 cm³/mol. The van der Waals surface area contributed by atoms with Gasteiger partial charge in [-0.1, -0.05) is 66.7 Å². The fourth-order valence-electron chi connectivity index (χ4n) is 3.88. The average molecular weight is 445 g/mol. The Hall–Kier alpha value is -4.24. The molecule has 0 atom stereocenters. The van der Waals surface area contributed by atoms with Gasteiger partial charge in [0.05, 0.1) is 0 Å². The highest BCUT2D eigenvalue weighted by molar-refractivity contribution is 5.83. The third kappa shape index (κ3) is 5.57. The van der Waals surface area contributed by atoms with Crippen molar-refractivity contribution < 1.29 is 13.9 Å². The summed E-state index contributed by atoms with van der Waals surface area (Å²) in [5.41, 5.74) is 4.81. The van der Waals surface area contributed by atoms with E-state index in [0.717, 1.165) is 17.9 Å². The molecule has 0 amide bonds. The van der Waals surface area contributed by atoms with Crippen LogP contribution in [0, 0.1) is 0 Å². The van der Waals surface area contributed by atoms with Crippen LogP contribution in [0.25, 0.3) is 22.9 Å². The Bertz CT molecular complexity index is 1400. The van der Waals surface area contributed by atoms with Crippen LogP contribution in [0.15, 0.2) is 116 Å². The smallest absolute Gasteiger partial charge is 0.173 e. The van der Waals surface area contributed by atoms with Gasteiger partial charge in [0, 0.05) is 29.8 Å². The van der Waals surface area contributed by atoms with E-state index in [1.165, 1.54) is 27.5 Å². The van der Waals surface area contributed by atoms with Crippen molar-refractivity contribution in [3.63, 3.8) is 0 Å². The SMILES string of the molecule is C[n+]1ccc(/C=C/c2cc[n+](Cc3ccc(COc4ccc5ccccc5c4)cc3)cc2)cc1. The van der Waals surface area contributed by atoms with Crippen LogP contribution in [0.3, 0.4) is 0 Å². The summed E-state index contributed by atoms with van der Waals surface area (Å²) in [6.07, 6.45) is 12.6. The molecule has 5 aromatic rings. The maximum absolute atomic E-state index is 6.02. The molecule has 0 unspecified atom stereocenters. The van der Waals surface area contributed by atoms with Crippen molar-refractivity contribution >= 4 is 22.9 Å². The van der Waals surface area contributed by atoms with Crippen molar-refractivity contribution in [2.75, 3.05) is 0 Å². The lowest BCUT2D eigenvalue weighted by atomic mass is 10.1. The summed E-state index contributed by atoms with van der Waals surface area (Å²) in [5.74, 6) is 0.897. The van der Waals surface area contributed by atoms with E-state index in [9.17, 15) is 0 Å². The van der Waals surface area contributed by atoms with Crippen LogP contribution >= 0.6 is 0 Å². The van der Waals surface area contributed by atoms with E-state index in [2.05, 4.69) is 126 Å². The van der Waals surface area contributed by atoms with Gasteiger partial charge in [0.2, 0.25) is 0 Å². The summed E-state index contributed by atoms with van der Waals surface area (Å²) in [4.78, 5) is 0. The number of aryl methyl sites for hydroxylation is 1. The quantitative estimate of drug-likeness (QED) is 0.292. The molecule has 0 aliphatic carbocycles. The zero-order chi connectivity index (χ0) is 23.2. The van der Waals surface area contributed by atoms with E-state index in [0.29, 0.717) is 6.61 Å². The van der Waals surface area contributed by atoms with E-state index in [4.69, 9.17) is 4.74 Å². The number of benzene rings is 3. The average Bonchev–Trinajstić information content (AvgIpc) is 2.89. The van der Waals surface area contributed by atoms with Crippen molar-refractivity contribution in [1.82, 2.24) is 0 Å². The molecule has 0 radical (unpaired) electrons. The van der Waals surface area contributed by atoms with Gasteiger partial charge < -0.3 is 4.74 Å². The van der Waals surface area contributed by atoms with Gasteiger partial charge in [-0.15, -0.1) is 0 Å². The van der Waals surface area contributed by atoms with Gasteiger partial charge in [-0.3, -0.25) is 0 Å². The molecule has 2 aromatic heterocycles. The lowest BCUT2D eigenvalue weighted by molar-refractivity contribution is -0.688. The summed E-state index contributed by atoms with van der Waals surface area (Å²) < 4.78 is 10.2. The normalized spacial score (nSPS) is 11.2. The minimum absolute atomic E-state index is 0.562. The Morgan fingerprint density at radius 1 is 0.647 bits per heavy atom. The number of ether oxygens (including phenoxy) is 1. The molecule has 0 N–H and O–H groups in total. The second-order valence-electron chi connectivity index (χ2n) is 8.55. The summed E-state index contributed by atoms with van der Waals surface area (Å²) in [5, 5.41) is 2.43. The highest BCUT2D eigenvalue weighted by Crippen LogP contribution is 2.21. The minimum atomic E-state index is 0.562. The van der Waals surface area contributed by atoms with Gasteiger partial charge in [-0.05, 0) is 39.6 Å². The molecule has 166 valence electrons. The summed E-state index contributed by atoms with van der Waals surface area (Å²) >= 11 is 0. The number of pyridine rings is 2. The molecule has 0 aliphatic rings. The number of hydrogen-bond donors (Lipinski definition) is 0. The standard InChI is InChI=1S/C31H28N2O/c1-32-18-14-25(15-19-32)6-7-26-16-20-33(21-17-26)23-27-8-10-28(11-9-27)24-34-31-13-12-29-4-2-3-5-30(29)22-31/h2-22H,23-24H2,1H3/q+2/b7-6+. The Morgan fingerprint density at radius 3 is 1.97 bits per heavy atom. The van der Waals surface area contributed by atoms with Crippen LogP contribution < -0.4 is 13.9 Å². The first-order chi connectivity index (χ1) is 16.7. The lowest BCUT2D eigenvalue weighted by Gasteiger charge is -2.08. The van der Waals surface area contributed by atoms with Crippen LogP contribution in [-0.2, 0) is 20.2 Å². The van der Waals surface area contributed by atoms with Gasteiger partial charge in [-0.25, -0.2) is 9.13 Å². The molecular formula is C31H28N2O+2. The number of aromatic nitrogens is 2. The molecule has 0 saturated carbocycles. The van der Waals surface area contributed by atoms with E-state index in [1.807, 2.05) is 17.7 Å². The van der Waals surface area contributed by atoms with Crippen LogP contribution in [0.1, 0.15) is 22.3 Å². The highest BCUT2D eigenvalue weighted by atomic mass is 16.5. The third-order valence-corrected chi connectivity index (χ3v) is 5.90. The Morgan fingerprint density at radius 2 is 1.26 bits per heavy atom. The van der Waals surface area contributed by atoms with Gasteiger partial charge in [0.1, 0.15) is 19.4 Å². The Labute approximate surface area is 200 Å². The van der Waals surface area contributed by atoms with Crippen molar-refractivity contribution in [3.8, 4) is 5.75 Å². The maximum Gasteiger partial charge on any atom is 0.173 e. The molecule has 5 rings (SSSR count). The molecule has 34 heavy (non-hydrogen) atoms. The first kappa shape index (κ1) is 21.6. The van der Waals surface area contributed by atoms with Crippen LogP contribution in [0.2, 0.25) is 0 Å². The molecule has 3 nitrogen and oxygen atoms in total. The minimum Gasteiger partial charge on any atom is -0.489 e. The molecule has 3 heteroatoms. The Balaban J connectivity index is 1.16. The van der Waals surface area contributed by atoms with E-state index >= 15 is 0 Å². The summed E-state index contributed by atoms with van der Waals surface area (Å²) in [6, 6.07) is 31.7. The van der Waals surface area contributed by atoms with Crippen LogP contribution in [0.4, 0.5) is 0 Å². The lowest BCUT2D eigenvalue weighted by Crippen LogP contribution is -2.33. The maximum atomic E-state index is 6.02. The number of nitrogens with zero attached hydrogens (tertiary/aromatic N) is 2. The van der Waals surface area contributed by atoms with Gasteiger partial charge >= 0.3 is 0 Å². The highest BCUT2D eigenvalue weighted by Gasteiger charge is 2.04. The van der Waals surface area contributed by atoms with Crippen molar-refractivity contribution in [2.45, 2.75) is 13.2 Å². The second kappa shape index (κ2) is 10.1. The van der Waals surface area contributed by atoms with Gasteiger partial charge in [0.15, 0.2) is 31.3 Å². The topological polar surface area (TPSA) is 17.0 Å². The molecular weight excluding hydrogens is 416 g/mol. The fourth-order valence-corrected chi connectivity index (χ4v) is 3.88. The van der Waals surface area contributed by atoms with Crippen molar-refractivity contribution in [3.05, 3.63) is 138 Å². The molecule has 0 spiro atoms. The molecule has 3 aromatic carbocycles. The number of hydrogen-bond acceptors (Lipinski definition) is 1. The molecule has 0 aliphatic heterocycles.